The number of hydrogen-bond acceptors (Lipinski definition) is 4. The average Bonchev–Trinajstić information content (AvgIpc) is 2.94. The molecule has 0 fully saturated rings. The number of aromatic nitrogens is 2. The molecular formula is C14H18N4O2. The van der Waals surface area contributed by atoms with E-state index in [9.17, 15) is 9.90 Å². The number of aliphatic hydroxyl groups excluding tert-OH is 1. The standard InChI is InChI=1S/C14H18N4O2/c15-6-7-18-8-12(16-10-18)14(20)17-13(9-19)11-4-2-1-3-5-11/h1-5,8,10,13,19H,6-7,9,15H2,(H,17,20). The summed E-state index contributed by atoms with van der Waals surface area (Å²) in [7, 11) is 0. The van der Waals surface area contributed by atoms with Crippen LogP contribution in [0.2, 0.25) is 0 Å². The van der Waals surface area contributed by atoms with Crippen molar-refractivity contribution in [3.05, 3.63) is 54.1 Å². The van der Waals surface area contributed by atoms with Crippen molar-refractivity contribution >= 4 is 5.91 Å². The lowest BCUT2D eigenvalue weighted by atomic mass is 10.1. The maximum absolute atomic E-state index is 12.1. The first-order valence-corrected chi connectivity index (χ1v) is 6.43. The zero-order chi connectivity index (χ0) is 14.4. The maximum Gasteiger partial charge on any atom is 0.272 e. The summed E-state index contributed by atoms with van der Waals surface area (Å²) in [5.41, 5.74) is 6.61. The van der Waals surface area contributed by atoms with Crippen LogP contribution in [-0.4, -0.2) is 33.7 Å². The average molecular weight is 274 g/mol. The fourth-order valence-corrected chi connectivity index (χ4v) is 1.90. The number of nitrogens with zero attached hydrogens (tertiary/aromatic N) is 2. The SMILES string of the molecule is NCCn1cnc(C(=O)NC(CO)c2ccccc2)c1. The van der Waals surface area contributed by atoms with Crippen LogP contribution >= 0.6 is 0 Å². The molecular weight excluding hydrogens is 256 g/mol. The van der Waals surface area contributed by atoms with E-state index in [0.29, 0.717) is 18.8 Å². The van der Waals surface area contributed by atoms with Crippen LogP contribution in [0.4, 0.5) is 0 Å². The molecule has 6 nitrogen and oxygen atoms in total. The number of aliphatic hydroxyl groups is 1. The van der Waals surface area contributed by atoms with Gasteiger partial charge in [-0.2, -0.15) is 0 Å². The molecule has 1 aromatic carbocycles. The second kappa shape index (κ2) is 6.83. The highest BCUT2D eigenvalue weighted by molar-refractivity contribution is 5.92. The topological polar surface area (TPSA) is 93.2 Å². The Morgan fingerprint density at radius 1 is 1.40 bits per heavy atom. The molecule has 0 spiro atoms. The Kier molecular flexibility index (Phi) is 4.86. The lowest BCUT2D eigenvalue weighted by Gasteiger charge is -2.15. The van der Waals surface area contributed by atoms with Crippen molar-refractivity contribution in [3.63, 3.8) is 0 Å². The molecule has 1 unspecified atom stereocenters. The van der Waals surface area contributed by atoms with E-state index in [-0.39, 0.29) is 12.5 Å². The number of carbonyl (C=O) groups excluding carboxylic acids is 1. The number of benzene rings is 1. The van der Waals surface area contributed by atoms with Gasteiger partial charge in [-0.1, -0.05) is 30.3 Å². The first-order valence-electron chi connectivity index (χ1n) is 6.43. The molecule has 2 rings (SSSR count). The van der Waals surface area contributed by atoms with E-state index >= 15 is 0 Å². The summed E-state index contributed by atoms with van der Waals surface area (Å²) in [5.74, 6) is -0.316. The number of nitrogens with one attached hydrogen (secondary N) is 1. The van der Waals surface area contributed by atoms with Gasteiger partial charge >= 0.3 is 0 Å². The zero-order valence-electron chi connectivity index (χ0n) is 11.1. The minimum absolute atomic E-state index is 0.167. The summed E-state index contributed by atoms with van der Waals surface area (Å²) in [6.07, 6.45) is 3.21. The monoisotopic (exact) mass is 274 g/mol. The van der Waals surface area contributed by atoms with Crippen molar-refractivity contribution in [1.82, 2.24) is 14.9 Å². The van der Waals surface area contributed by atoms with Gasteiger partial charge < -0.3 is 20.7 Å². The molecule has 20 heavy (non-hydrogen) atoms. The summed E-state index contributed by atoms with van der Waals surface area (Å²) in [6.45, 7) is 0.933. The molecule has 0 aliphatic carbocycles. The van der Waals surface area contributed by atoms with Crippen LogP contribution in [0.25, 0.3) is 0 Å². The summed E-state index contributed by atoms with van der Waals surface area (Å²) in [5, 5.41) is 12.2. The van der Waals surface area contributed by atoms with Gasteiger partial charge in [0.25, 0.3) is 5.91 Å². The highest BCUT2D eigenvalue weighted by atomic mass is 16.3. The number of nitrogens with two attached hydrogens (primary N) is 1. The van der Waals surface area contributed by atoms with E-state index in [1.165, 1.54) is 0 Å². The molecule has 0 aliphatic rings. The molecule has 0 saturated heterocycles. The number of rotatable bonds is 6. The third-order valence-corrected chi connectivity index (χ3v) is 2.94. The fourth-order valence-electron chi connectivity index (χ4n) is 1.90. The van der Waals surface area contributed by atoms with Crippen molar-refractivity contribution < 1.29 is 9.90 Å². The van der Waals surface area contributed by atoms with Crippen LogP contribution in [0.3, 0.4) is 0 Å². The molecule has 4 N–H and O–H groups in total. The van der Waals surface area contributed by atoms with Gasteiger partial charge in [0, 0.05) is 19.3 Å². The summed E-state index contributed by atoms with van der Waals surface area (Å²) >= 11 is 0. The summed E-state index contributed by atoms with van der Waals surface area (Å²) in [6, 6.07) is 8.88. The molecule has 0 radical (unpaired) electrons. The molecule has 6 heteroatoms. The van der Waals surface area contributed by atoms with Crippen LogP contribution in [0, 0.1) is 0 Å². The van der Waals surface area contributed by atoms with Gasteiger partial charge in [-0.15, -0.1) is 0 Å². The van der Waals surface area contributed by atoms with Crippen molar-refractivity contribution in [2.24, 2.45) is 5.73 Å². The van der Waals surface area contributed by atoms with Crippen molar-refractivity contribution in [1.29, 1.82) is 0 Å². The molecule has 1 atom stereocenters. The first kappa shape index (κ1) is 14.2. The Morgan fingerprint density at radius 2 is 2.15 bits per heavy atom. The molecule has 0 aliphatic heterocycles. The van der Waals surface area contributed by atoms with Gasteiger partial charge in [0.15, 0.2) is 0 Å². The Bertz CT molecular complexity index is 553. The van der Waals surface area contributed by atoms with Gasteiger partial charge in [-0.05, 0) is 5.56 Å². The van der Waals surface area contributed by atoms with Crippen LogP contribution in [0.5, 0.6) is 0 Å². The van der Waals surface area contributed by atoms with Crippen molar-refractivity contribution in [2.45, 2.75) is 12.6 Å². The van der Waals surface area contributed by atoms with Gasteiger partial charge in [-0.25, -0.2) is 4.98 Å². The molecule has 0 bridgehead atoms. The van der Waals surface area contributed by atoms with E-state index in [1.807, 2.05) is 30.3 Å². The lowest BCUT2D eigenvalue weighted by molar-refractivity contribution is 0.0911. The summed E-state index contributed by atoms with van der Waals surface area (Å²) < 4.78 is 1.76. The van der Waals surface area contributed by atoms with E-state index in [2.05, 4.69) is 10.3 Å². The molecule has 2 aromatic rings. The Balaban J connectivity index is 2.05. The quantitative estimate of drug-likeness (QED) is 0.706. The number of carbonyl (C=O) groups is 1. The largest absolute Gasteiger partial charge is 0.394 e. The number of hydrogen-bond donors (Lipinski definition) is 3. The highest BCUT2D eigenvalue weighted by Gasteiger charge is 2.16. The third-order valence-electron chi connectivity index (χ3n) is 2.94. The summed E-state index contributed by atoms with van der Waals surface area (Å²) in [4.78, 5) is 16.1. The van der Waals surface area contributed by atoms with Crippen LogP contribution in [0.15, 0.2) is 42.9 Å². The molecule has 1 heterocycles. The second-order valence-electron chi connectivity index (χ2n) is 4.40. The Labute approximate surface area is 117 Å². The van der Waals surface area contributed by atoms with E-state index < -0.39 is 6.04 Å². The molecule has 106 valence electrons. The minimum Gasteiger partial charge on any atom is -0.394 e. The van der Waals surface area contributed by atoms with Gasteiger partial charge in [-0.3, -0.25) is 4.79 Å². The van der Waals surface area contributed by atoms with Gasteiger partial charge in [0.05, 0.1) is 19.0 Å². The number of amides is 1. The fraction of sp³-hybridized carbons (Fsp3) is 0.286. The third kappa shape index (κ3) is 3.43. The maximum atomic E-state index is 12.1. The Morgan fingerprint density at radius 3 is 2.80 bits per heavy atom. The smallest absolute Gasteiger partial charge is 0.272 e. The van der Waals surface area contributed by atoms with E-state index in [1.54, 1.807) is 17.1 Å². The normalized spacial score (nSPS) is 12.1. The first-order chi connectivity index (χ1) is 9.74. The van der Waals surface area contributed by atoms with Crippen molar-refractivity contribution in [3.8, 4) is 0 Å². The Hall–Kier alpha value is -2.18. The lowest BCUT2D eigenvalue weighted by Crippen LogP contribution is -2.31. The minimum atomic E-state index is -0.441. The highest BCUT2D eigenvalue weighted by Crippen LogP contribution is 2.12. The molecule has 1 amide bonds. The number of imidazole rings is 1. The molecule has 0 saturated carbocycles. The predicted molar refractivity (Wildman–Crippen MR) is 75.0 cm³/mol. The van der Waals surface area contributed by atoms with Gasteiger partial charge in [0.1, 0.15) is 5.69 Å². The van der Waals surface area contributed by atoms with Crippen LogP contribution in [-0.2, 0) is 6.54 Å². The van der Waals surface area contributed by atoms with E-state index in [4.69, 9.17) is 5.73 Å². The zero-order valence-corrected chi connectivity index (χ0v) is 11.1. The van der Waals surface area contributed by atoms with Gasteiger partial charge in [0.2, 0.25) is 0 Å². The van der Waals surface area contributed by atoms with Crippen LogP contribution < -0.4 is 11.1 Å². The van der Waals surface area contributed by atoms with E-state index in [0.717, 1.165) is 5.56 Å². The predicted octanol–water partition coefficient (Wildman–Crippen LogP) is 0.305. The van der Waals surface area contributed by atoms with Crippen LogP contribution in [0.1, 0.15) is 22.1 Å². The molecule has 1 aromatic heterocycles. The second-order valence-corrected chi connectivity index (χ2v) is 4.40. The van der Waals surface area contributed by atoms with Crippen molar-refractivity contribution in [2.75, 3.05) is 13.2 Å².